The highest BCUT2D eigenvalue weighted by Crippen LogP contribution is 2.45. The van der Waals surface area contributed by atoms with Crippen molar-refractivity contribution in [3.8, 4) is 11.5 Å². The topological polar surface area (TPSA) is 80.6 Å². The first-order chi connectivity index (χ1) is 22.6. The summed E-state index contributed by atoms with van der Waals surface area (Å²) in [6.45, 7) is 9.51. The summed E-state index contributed by atoms with van der Waals surface area (Å²) in [5, 5.41) is 12.7. The number of benzene rings is 3. The van der Waals surface area contributed by atoms with E-state index in [0.717, 1.165) is 73.3 Å². The molecule has 1 amide bonds. The number of ether oxygens (including phenoxy) is 3. The molecule has 3 aromatic rings. The molecule has 1 N–H and O–H groups in total. The quantitative estimate of drug-likeness (QED) is 0.225. The Hall–Kier alpha value is -3.39. The van der Waals surface area contributed by atoms with Crippen LogP contribution in [0.4, 0.5) is 5.69 Å². The molecule has 1 saturated carbocycles. The maximum Gasteiger partial charge on any atom is 0.232 e. The molecule has 4 atom stereocenters. The van der Waals surface area contributed by atoms with Crippen LogP contribution >= 0.6 is 11.6 Å². The standard InChI is InChI=1S/C39H47ClN2O5/c1-6-28(18-26-8-7-9-34(26)41-31-22-46-23-31)39(4,44)29-12-16-32(17-13-29)42-37(43)20-27-19-35(45-5)36(47-24(2)3)21-33(27)38(42)25-10-14-30(40)15-11-25/h10-17,19,21,24,26,28,31,38,44H,6-9,18,20,22-23H2,1-5H3/t26?,28?,38-,39?/m0/s1. The molecule has 7 nitrogen and oxygen atoms in total. The van der Waals surface area contributed by atoms with Gasteiger partial charge in [0.15, 0.2) is 11.5 Å². The SMILES string of the molecule is CCC(CC1CCCC1=NC1COC1)C(C)(O)c1ccc(N2C(=O)Cc3cc(OC)c(OC(C)C)cc3[C@@H]2c2ccc(Cl)cc2)cc1. The van der Waals surface area contributed by atoms with Gasteiger partial charge in [0.1, 0.15) is 0 Å². The van der Waals surface area contributed by atoms with E-state index in [1.807, 2.05) is 86.3 Å². The summed E-state index contributed by atoms with van der Waals surface area (Å²) >= 11 is 6.29. The molecule has 0 spiro atoms. The maximum absolute atomic E-state index is 14.0. The number of hydrogen-bond acceptors (Lipinski definition) is 6. The second-order valence-corrected chi connectivity index (χ2v) is 14.1. The van der Waals surface area contributed by atoms with Gasteiger partial charge in [0.05, 0.1) is 50.5 Å². The fourth-order valence-corrected chi connectivity index (χ4v) is 7.64. The highest BCUT2D eigenvalue weighted by molar-refractivity contribution is 6.30. The van der Waals surface area contributed by atoms with Gasteiger partial charge in [-0.25, -0.2) is 0 Å². The van der Waals surface area contributed by atoms with Crippen LogP contribution in [-0.2, 0) is 21.6 Å². The van der Waals surface area contributed by atoms with Gasteiger partial charge in [-0.2, -0.15) is 0 Å². The van der Waals surface area contributed by atoms with Gasteiger partial charge in [-0.1, -0.05) is 49.2 Å². The number of aliphatic imine (C=N–C) groups is 1. The van der Waals surface area contributed by atoms with E-state index in [-0.39, 0.29) is 24.3 Å². The van der Waals surface area contributed by atoms with Crippen molar-refractivity contribution in [1.29, 1.82) is 0 Å². The number of aliphatic hydroxyl groups is 1. The van der Waals surface area contributed by atoms with E-state index in [1.54, 1.807) is 7.11 Å². The van der Waals surface area contributed by atoms with Gasteiger partial charge in [-0.3, -0.25) is 9.79 Å². The van der Waals surface area contributed by atoms with Crippen molar-refractivity contribution in [2.45, 2.75) is 90.0 Å². The summed E-state index contributed by atoms with van der Waals surface area (Å²) in [5.41, 5.74) is 4.71. The first-order valence-corrected chi connectivity index (χ1v) is 17.4. The third kappa shape index (κ3) is 6.94. The average molecular weight is 659 g/mol. The van der Waals surface area contributed by atoms with E-state index in [9.17, 15) is 9.90 Å². The van der Waals surface area contributed by atoms with Crippen LogP contribution in [0.25, 0.3) is 0 Å². The van der Waals surface area contributed by atoms with Crippen LogP contribution in [0.1, 0.15) is 88.1 Å². The molecular formula is C39H47ClN2O5. The van der Waals surface area contributed by atoms with Crippen LogP contribution in [0.5, 0.6) is 11.5 Å². The predicted molar refractivity (Wildman–Crippen MR) is 187 cm³/mol. The van der Waals surface area contributed by atoms with Gasteiger partial charge in [0, 0.05) is 16.4 Å². The van der Waals surface area contributed by atoms with Crippen molar-refractivity contribution >= 4 is 28.9 Å². The monoisotopic (exact) mass is 658 g/mol. The Balaban J connectivity index is 1.32. The van der Waals surface area contributed by atoms with Crippen LogP contribution in [0.2, 0.25) is 5.02 Å². The van der Waals surface area contributed by atoms with Crippen molar-refractivity contribution in [2.75, 3.05) is 25.2 Å². The highest BCUT2D eigenvalue weighted by atomic mass is 35.5. The molecule has 47 heavy (non-hydrogen) atoms. The first-order valence-electron chi connectivity index (χ1n) is 17.0. The molecule has 3 aromatic carbocycles. The number of nitrogens with zero attached hydrogens (tertiary/aromatic N) is 2. The fourth-order valence-electron chi connectivity index (χ4n) is 7.52. The normalized spacial score (nSPS) is 22.6. The van der Waals surface area contributed by atoms with Crippen LogP contribution in [0, 0.1) is 11.8 Å². The summed E-state index contributed by atoms with van der Waals surface area (Å²) in [6, 6.07) is 19.4. The predicted octanol–water partition coefficient (Wildman–Crippen LogP) is 8.08. The number of rotatable bonds is 11. The lowest BCUT2D eigenvalue weighted by Crippen LogP contribution is -2.41. The van der Waals surface area contributed by atoms with Crippen LogP contribution < -0.4 is 14.4 Å². The molecule has 2 fully saturated rings. The number of methoxy groups -OCH3 is 1. The lowest BCUT2D eigenvalue weighted by atomic mass is 9.75. The molecule has 2 aliphatic heterocycles. The highest BCUT2D eigenvalue weighted by Gasteiger charge is 2.39. The Kier molecular flexibility index (Phi) is 9.98. The van der Waals surface area contributed by atoms with Gasteiger partial charge in [-0.05, 0) is 117 Å². The van der Waals surface area contributed by atoms with Crippen molar-refractivity contribution in [2.24, 2.45) is 16.8 Å². The number of anilines is 1. The van der Waals surface area contributed by atoms with Crippen LogP contribution in [0.3, 0.4) is 0 Å². The van der Waals surface area contributed by atoms with E-state index in [1.165, 1.54) is 5.71 Å². The summed E-state index contributed by atoms with van der Waals surface area (Å²) < 4.78 is 17.2. The maximum atomic E-state index is 14.0. The zero-order valence-corrected chi connectivity index (χ0v) is 28.9. The third-order valence-corrected chi connectivity index (χ3v) is 10.4. The molecule has 0 aromatic heterocycles. The summed E-state index contributed by atoms with van der Waals surface area (Å²) in [6.07, 6.45) is 5.27. The first kappa shape index (κ1) is 33.5. The van der Waals surface area contributed by atoms with E-state index in [2.05, 4.69) is 6.92 Å². The number of halogens is 1. The Morgan fingerprint density at radius 3 is 2.43 bits per heavy atom. The van der Waals surface area contributed by atoms with Gasteiger partial charge in [0.25, 0.3) is 0 Å². The number of carbonyl (C=O) groups excluding carboxylic acids is 1. The number of fused-ring (bicyclic) bond motifs is 1. The van der Waals surface area contributed by atoms with E-state index in [0.29, 0.717) is 28.5 Å². The van der Waals surface area contributed by atoms with Crippen molar-refractivity contribution in [3.63, 3.8) is 0 Å². The Labute approximate surface area is 283 Å². The third-order valence-electron chi connectivity index (χ3n) is 10.1. The van der Waals surface area contributed by atoms with Gasteiger partial charge in [0.2, 0.25) is 5.91 Å². The zero-order valence-electron chi connectivity index (χ0n) is 28.2. The summed E-state index contributed by atoms with van der Waals surface area (Å²) in [7, 11) is 1.62. The summed E-state index contributed by atoms with van der Waals surface area (Å²) in [4.78, 5) is 20.9. The molecule has 1 saturated heterocycles. The van der Waals surface area contributed by atoms with Crippen molar-refractivity contribution < 1.29 is 24.1 Å². The van der Waals surface area contributed by atoms with Crippen LogP contribution in [0.15, 0.2) is 65.7 Å². The molecule has 3 aliphatic rings. The smallest absolute Gasteiger partial charge is 0.232 e. The molecule has 3 unspecified atom stereocenters. The Bertz CT molecular complexity index is 1600. The minimum atomic E-state index is -1.03. The van der Waals surface area contributed by atoms with Crippen LogP contribution in [-0.4, -0.2) is 49.2 Å². The molecule has 0 radical (unpaired) electrons. The molecule has 1 aliphatic carbocycles. The molecule has 250 valence electrons. The van der Waals surface area contributed by atoms with Gasteiger partial charge >= 0.3 is 0 Å². The lowest BCUT2D eigenvalue weighted by Gasteiger charge is -2.39. The Morgan fingerprint density at radius 1 is 1.09 bits per heavy atom. The Morgan fingerprint density at radius 2 is 1.81 bits per heavy atom. The minimum absolute atomic E-state index is 0.0205. The van der Waals surface area contributed by atoms with Gasteiger partial charge in [-0.15, -0.1) is 0 Å². The zero-order chi connectivity index (χ0) is 33.3. The largest absolute Gasteiger partial charge is 0.493 e. The lowest BCUT2D eigenvalue weighted by molar-refractivity contribution is -0.118. The number of amides is 1. The van der Waals surface area contributed by atoms with Crippen molar-refractivity contribution in [1.82, 2.24) is 0 Å². The molecular weight excluding hydrogens is 612 g/mol. The van der Waals surface area contributed by atoms with Gasteiger partial charge < -0.3 is 24.2 Å². The van der Waals surface area contributed by atoms with E-state index < -0.39 is 11.6 Å². The second kappa shape index (κ2) is 14.0. The van der Waals surface area contributed by atoms with E-state index in [4.69, 9.17) is 30.8 Å². The fraction of sp³-hybridized carbons (Fsp3) is 0.487. The summed E-state index contributed by atoms with van der Waals surface area (Å²) in [5.74, 6) is 1.70. The van der Waals surface area contributed by atoms with E-state index >= 15 is 0 Å². The molecule has 8 heteroatoms. The number of carbonyl (C=O) groups is 1. The molecule has 6 rings (SSSR count). The average Bonchev–Trinajstić information content (AvgIpc) is 3.47. The second-order valence-electron chi connectivity index (χ2n) is 13.7. The minimum Gasteiger partial charge on any atom is -0.493 e. The number of hydrogen-bond donors (Lipinski definition) is 1. The molecule has 0 bridgehead atoms. The molecule has 2 heterocycles. The van der Waals surface area contributed by atoms with Crippen molar-refractivity contribution in [3.05, 3.63) is 87.9 Å².